The average Bonchev–Trinajstić information content (AvgIpc) is 3.88. The number of aromatic nitrogens is 2. The van der Waals surface area contributed by atoms with Crippen LogP contribution in [0.2, 0.25) is 0 Å². The minimum Gasteiger partial charge on any atom is -0.330 e. The first-order valence-corrected chi connectivity index (χ1v) is 21.1. The molecule has 1 unspecified atom stereocenters. The van der Waals surface area contributed by atoms with Gasteiger partial charge in [0.25, 0.3) is 0 Å². The van der Waals surface area contributed by atoms with E-state index in [1.807, 2.05) is 0 Å². The molecule has 0 bridgehead atoms. The largest absolute Gasteiger partial charge is 0.330 e. The Labute approximate surface area is 359 Å². The molecule has 0 fully saturated rings. The molecule has 1 atom stereocenters. The van der Waals surface area contributed by atoms with Crippen molar-refractivity contribution in [3.63, 3.8) is 0 Å². The van der Waals surface area contributed by atoms with Crippen LogP contribution in [0.4, 0.5) is 0 Å². The normalized spacial score (nSPS) is 14.0. The summed E-state index contributed by atoms with van der Waals surface area (Å²) in [6.07, 6.45) is -0.390. The molecule has 1 aliphatic rings. The number of rotatable bonds is 6. The van der Waals surface area contributed by atoms with Crippen molar-refractivity contribution >= 4 is 55.4 Å². The lowest BCUT2D eigenvalue weighted by Gasteiger charge is -2.25. The number of aliphatic imine (C=N–C) groups is 2. The van der Waals surface area contributed by atoms with Gasteiger partial charge in [-0.3, -0.25) is 4.57 Å². The summed E-state index contributed by atoms with van der Waals surface area (Å²) in [7, 11) is 0. The Bertz CT molecular complexity index is 3530. The quantitative estimate of drug-likeness (QED) is 0.179. The number of nitrogens with zero attached hydrogens (tertiary/aromatic N) is 4. The first kappa shape index (κ1) is 35.6. The average molecular weight is 794 g/mol. The van der Waals surface area contributed by atoms with Gasteiger partial charge in [0.15, 0.2) is 5.84 Å². The summed E-state index contributed by atoms with van der Waals surface area (Å²) < 4.78 is 4.83. The molecule has 3 heterocycles. The van der Waals surface area contributed by atoms with Crippen molar-refractivity contribution < 1.29 is 0 Å². The summed E-state index contributed by atoms with van der Waals surface area (Å²) in [5, 5.41) is 8.51. The minimum absolute atomic E-state index is 0.390. The van der Waals surface area contributed by atoms with Crippen molar-refractivity contribution in [1.82, 2.24) is 14.5 Å². The van der Waals surface area contributed by atoms with Crippen LogP contribution in [0.15, 0.2) is 234 Å². The van der Waals surface area contributed by atoms with Gasteiger partial charge in [-0.15, -0.1) is 0 Å². The standard InChI is InChI=1S/C57H39N5/c1-5-19-38(20-6-1)42-33-36-52(49(37-42)40-23-9-3-10-24-40)61-50-31-17-15-28-44(50)46-34-35-47-45-29-16-18-32-51(45)62(54(47)53(46)61)57-59-55(41-25-11-4-12-26-41)58-56(60-57)48-30-14-13-27-43(48)39-21-7-2-8-22-39/h1-37,55H,(H,58,59,60). The van der Waals surface area contributed by atoms with Crippen molar-refractivity contribution in [3.05, 3.63) is 236 Å². The second-order valence-corrected chi connectivity index (χ2v) is 15.8. The summed E-state index contributed by atoms with van der Waals surface area (Å²) in [6, 6.07) is 79.9. The molecule has 5 heteroatoms. The lowest BCUT2D eigenvalue weighted by molar-refractivity contribution is 0.661. The highest BCUT2D eigenvalue weighted by Crippen LogP contribution is 2.43. The van der Waals surface area contributed by atoms with Crippen molar-refractivity contribution in [3.8, 4) is 39.1 Å². The van der Waals surface area contributed by atoms with Crippen LogP contribution in [0.5, 0.6) is 0 Å². The SMILES string of the molecule is c1ccc(-c2ccc(-n3c4ccccc4c4ccc5c6ccccc6n(C6=NC(c7ccccc7-c7ccccc7)=NC(c7ccccc7)N6)c5c43)c(-c3ccccc3)c2)cc1. The fourth-order valence-corrected chi connectivity index (χ4v) is 9.38. The van der Waals surface area contributed by atoms with Crippen molar-refractivity contribution in [2.24, 2.45) is 9.98 Å². The zero-order valence-corrected chi connectivity index (χ0v) is 33.7. The van der Waals surface area contributed by atoms with Crippen molar-refractivity contribution in [2.45, 2.75) is 6.17 Å². The Morgan fingerprint density at radius 1 is 0.371 bits per heavy atom. The molecule has 0 saturated carbocycles. The topological polar surface area (TPSA) is 46.6 Å². The van der Waals surface area contributed by atoms with E-state index < -0.39 is 0 Å². The van der Waals surface area contributed by atoms with Crippen LogP contribution >= 0.6 is 0 Å². The molecule has 2 aromatic heterocycles. The second kappa shape index (κ2) is 14.8. The lowest BCUT2D eigenvalue weighted by Crippen LogP contribution is -2.37. The van der Waals surface area contributed by atoms with Gasteiger partial charge in [-0.1, -0.05) is 200 Å². The van der Waals surface area contributed by atoms with Crippen LogP contribution in [-0.2, 0) is 0 Å². The number of benzene rings is 9. The molecule has 12 rings (SSSR count). The molecule has 11 aromatic rings. The van der Waals surface area contributed by atoms with Crippen LogP contribution in [0.3, 0.4) is 0 Å². The molecule has 0 saturated heterocycles. The van der Waals surface area contributed by atoms with Gasteiger partial charge in [-0.2, -0.15) is 4.99 Å². The van der Waals surface area contributed by atoms with E-state index >= 15 is 0 Å². The zero-order valence-electron chi connectivity index (χ0n) is 33.7. The molecule has 0 aliphatic carbocycles. The predicted molar refractivity (Wildman–Crippen MR) is 258 cm³/mol. The van der Waals surface area contributed by atoms with E-state index in [-0.39, 0.29) is 6.17 Å². The summed E-state index contributed by atoms with van der Waals surface area (Å²) >= 11 is 0. The predicted octanol–water partition coefficient (Wildman–Crippen LogP) is 13.8. The van der Waals surface area contributed by atoms with Crippen LogP contribution in [0.25, 0.3) is 82.7 Å². The van der Waals surface area contributed by atoms with Crippen molar-refractivity contribution in [1.29, 1.82) is 0 Å². The van der Waals surface area contributed by atoms with Gasteiger partial charge >= 0.3 is 0 Å². The number of fused-ring (bicyclic) bond motifs is 7. The maximum absolute atomic E-state index is 5.54. The molecule has 9 aromatic carbocycles. The highest BCUT2D eigenvalue weighted by molar-refractivity contribution is 6.27. The first-order chi connectivity index (χ1) is 30.8. The third-order valence-corrected chi connectivity index (χ3v) is 12.2. The van der Waals surface area contributed by atoms with E-state index in [0.717, 1.165) is 71.9 Å². The van der Waals surface area contributed by atoms with Gasteiger partial charge in [0, 0.05) is 32.7 Å². The third kappa shape index (κ3) is 5.86. The van der Waals surface area contributed by atoms with E-state index in [4.69, 9.17) is 9.98 Å². The van der Waals surface area contributed by atoms with E-state index in [1.165, 1.54) is 21.9 Å². The maximum atomic E-state index is 5.54. The lowest BCUT2D eigenvalue weighted by atomic mass is 9.97. The molecule has 0 amide bonds. The fraction of sp³-hybridized carbons (Fsp3) is 0.0175. The van der Waals surface area contributed by atoms with Gasteiger partial charge in [0.1, 0.15) is 6.17 Å². The van der Waals surface area contributed by atoms with Gasteiger partial charge in [-0.25, -0.2) is 4.99 Å². The fourth-order valence-electron chi connectivity index (χ4n) is 9.38. The Kier molecular flexibility index (Phi) is 8.49. The van der Waals surface area contributed by atoms with Crippen molar-refractivity contribution in [2.75, 3.05) is 0 Å². The van der Waals surface area contributed by atoms with Gasteiger partial charge in [0.2, 0.25) is 5.96 Å². The number of amidine groups is 1. The summed E-state index contributed by atoms with van der Waals surface area (Å²) in [5.41, 5.74) is 14.4. The number of hydrogen-bond acceptors (Lipinski definition) is 3. The molecule has 0 radical (unpaired) electrons. The van der Waals surface area contributed by atoms with Gasteiger partial charge < -0.3 is 9.88 Å². The Morgan fingerprint density at radius 3 is 1.52 bits per heavy atom. The molecular formula is C57H39N5. The highest BCUT2D eigenvalue weighted by Gasteiger charge is 2.28. The Morgan fingerprint density at radius 2 is 0.871 bits per heavy atom. The molecule has 5 nitrogen and oxygen atoms in total. The summed E-state index contributed by atoms with van der Waals surface area (Å²) in [6.45, 7) is 0. The van der Waals surface area contributed by atoms with E-state index in [9.17, 15) is 0 Å². The number of nitrogens with one attached hydrogen (secondary N) is 1. The Hall–Kier alpha value is -8.28. The number of para-hydroxylation sites is 2. The molecule has 1 aliphatic heterocycles. The highest BCUT2D eigenvalue weighted by atomic mass is 15.3. The number of hydrogen-bond donors (Lipinski definition) is 1. The molecule has 0 spiro atoms. The summed E-state index contributed by atoms with van der Waals surface area (Å²) in [5.74, 6) is 1.39. The van der Waals surface area contributed by atoms with Gasteiger partial charge in [0.05, 0.1) is 27.8 Å². The van der Waals surface area contributed by atoms with Gasteiger partial charge in [-0.05, 0) is 57.6 Å². The second-order valence-electron chi connectivity index (χ2n) is 15.8. The minimum atomic E-state index is -0.390. The zero-order chi connectivity index (χ0) is 41.0. The first-order valence-electron chi connectivity index (χ1n) is 21.1. The Balaban J connectivity index is 1.18. The molecule has 292 valence electrons. The van der Waals surface area contributed by atoms with E-state index in [0.29, 0.717) is 11.8 Å². The summed E-state index contributed by atoms with van der Waals surface area (Å²) in [4.78, 5) is 10.9. The molecular weight excluding hydrogens is 755 g/mol. The molecule has 62 heavy (non-hydrogen) atoms. The smallest absolute Gasteiger partial charge is 0.212 e. The van der Waals surface area contributed by atoms with Crippen LogP contribution in [-0.4, -0.2) is 20.9 Å². The third-order valence-electron chi connectivity index (χ3n) is 12.2. The van der Waals surface area contributed by atoms with Crippen LogP contribution in [0, 0.1) is 0 Å². The van der Waals surface area contributed by atoms with E-state index in [1.54, 1.807) is 0 Å². The van der Waals surface area contributed by atoms with Crippen LogP contribution in [0.1, 0.15) is 17.3 Å². The van der Waals surface area contributed by atoms with Crippen LogP contribution < -0.4 is 5.32 Å². The van der Waals surface area contributed by atoms with E-state index in [2.05, 4.69) is 239 Å². The monoisotopic (exact) mass is 793 g/mol. The maximum Gasteiger partial charge on any atom is 0.212 e. The molecule has 1 N–H and O–H groups in total.